The quantitative estimate of drug-likeness (QED) is 0.864. The van der Waals surface area contributed by atoms with Gasteiger partial charge in [0.25, 0.3) is 10.0 Å². The summed E-state index contributed by atoms with van der Waals surface area (Å²) in [6.45, 7) is 2.12. The van der Waals surface area contributed by atoms with E-state index in [2.05, 4.69) is 22.0 Å². The van der Waals surface area contributed by atoms with Gasteiger partial charge < -0.3 is 4.74 Å². The third kappa shape index (κ3) is 2.15. The van der Waals surface area contributed by atoms with Crippen LogP contribution in [0.15, 0.2) is 11.2 Å². The van der Waals surface area contributed by atoms with E-state index in [1.807, 2.05) is 0 Å². The lowest BCUT2D eigenvalue weighted by Gasteiger charge is -2.35. The van der Waals surface area contributed by atoms with E-state index in [0.29, 0.717) is 11.8 Å². The minimum atomic E-state index is -3.57. The number of nitrogens with zero attached hydrogens (tertiary/aromatic N) is 3. The summed E-state index contributed by atoms with van der Waals surface area (Å²) >= 11 is 0. The van der Waals surface area contributed by atoms with Crippen molar-refractivity contribution in [2.45, 2.75) is 42.9 Å². The van der Waals surface area contributed by atoms with Crippen molar-refractivity contribution in [3.8, 4) is 0 Å². The van der Waals surface area contributed by atoms with Gasteiger partial charge in [-0.1, -0.05) is 5.21 Å². The molecular formula is C12H20N4O3S. The Balaban J connectivity index is 1.72. The van der Waals surface area contributed by atoms with E-state index in [-0.39, 0.29) is 16.7 Å². The van der Waals surface area contributed by atoms with Gasteiger partial charge in [-0.3, -0.25) is 4.68 Å². The van der Waals surface area contributed by atoms with Gasteiger partial charge in [0.1, 0.15) is 0 Å². The molecule has 112 valence electrons. The average molecular weight is 300 g/mol. The highest BCUT2D eigenvalue weighted by Gasteiger charge is 2.53. The lowest BCUT2D eigenvalue weighted by Crippen LogP contribution is -2.45. The van der Waals surface area contributed by atoms with Crippen LogP contribution in [0.5, 0.6) is 0 Å². The molecule has 1 heterocycles. The molecule has 2 bridgehead atoms. The highest BCUT2D eigenvalue weighted by atomic mass is 32.2. The van der Waals surface area contributed by atoms with Gasteiger partial charge in [-0.2, -0.15) is 0 Å². The Labute approximate surface area is 118 Å². The molecule has 20 heavy (non-hydrogen) atoms. The topological polar surface area (TPSA) is 86.1 Å². The van der Waals surface area contributed by atoms with Crippen molar-refractivity contribution in [2.75, 3.05) is 7.11 Å². The van der Waals surface area contributed by atoms with Crippen molar-refractivity contribution in [3.05, 3.63) is 6.20 Å². The third-order valence-electron chi connectivity index (χ3n) is 4.86. The Hall–Kier alpha value is -0.990. The van der Waals surface area contributed by atoms with Gasteiger partial charge >= 0.3 is 0 Å². The number of methoxy groups -OCH3 is 1. The summed E-state index contributed by atoms with van der Waals surface area (Å²) < 4.78 is 34.3. The van der Waals surface area contributed by atoms with Crippen LogP contribution in [0.25, 0.3) is 0 Å². The molecule has 2 aliphatic rings. The first-order chi connectivity index (χ1) is 9.34. The van der Waals surface area contributed by atoms with Crippen molar-refractivity contribution in [3.63, 3.8) is 0 Å². The largest absolute Gasteiger partial charge is 0.378 e. The van der Waals surface area contributed by atoms with Crippen LogP contribution in [-0.4, -0.2) is 42.2 Å². The number of nitrogens with one attached hydrogen (secondary N) is 1. The number of hydrogen-bond acceptors (Lipinski definition) is 5. The van der Waals surface area contributed by atoms with E-state index in [1.165, 1.54) is 10.9 Å². The van der Waals surface area contributed by atoms with E-state index in [0.717, 1.165) is 19.3 Å². The highest BCUT2D eigenvalue weighted by Crippen LogP contribution is 2.52. The summed E-state index contributed by atoms with van der Waals surface area (Å²) in [5.41, 5.74) is -0.0981. The zero-order valence-corrected chi connectivity index (χ0v) is 12.7. The first-order valence-corrected chi connectivity index (χ1v) is 8.26. The molecule has 1 N–H and O–H groups in total. The highest BCUT2D eigenvalue weighted by molar-refractivity contribution is 7.89. The number of ether oxygens (including phenoxy) is 1. The molecule has 0 unspecified atom stereocenters. The van der Waals surface area contributed by atoms with Gasteiger partial charge in [0.15, 0.2) is 0 Å². The molecule has 0 saturated heterocycles. The maximum absolute atomic E-state index is 12.3. The van der Waals surface area contributed by atoms with Crippen molar-refractivity contribution in [1.82, 2.24) is 19.7 Å². The van der Waals surface area contributed by atoms with Crippen LogP contribution >= 0.6 is 0 Å². The minimum absolute atomic E-state index is 0.0164. The summed E-state index contributed by atoms with van der Waals surface area (Å²) in [4.78, 5) is 0. The molecule has 1 aromatic heterocycles. The molecule has 2 fully saturated rings. The second-order valence-electron chi connectivity index (χ2n) is 6.11. The Morgan fingerprint density at radius 3 is 2.75 bits per heavy atom. The van der Waals surface area contributed by atoms with Crippen LogP contribution in [0.2, 0.25) is 0 Å². The predicted octanol–water partition coefficient (Wildman–Crippen LogP) is 0.297. The summed E-state index contributed by atoms with van der Waals surface area (Å²) in [5.74, 6) is 0.767. The monoisotopic (exact) mass is 300 g/mol. The Kier molecular flexibility index (Phi) is 3.15. The van der Waals surface area contributed by atoms with Gasteiger partial charge in [-0.05, 0) is 38.0 Å². The molecule has 2 aliphatic carbocycles. The van der Waals surface area contributed by atoms with E-state index in [4.69, 9.17) is 4.74 Å². The standard InChI is InChI=1S/C12H20N4O3S/c1-12(19-3)6-8-4-9(12)5-10(8)14-20(17,18)11-7-16(2)15-13-11/h7-10,14H,4-6H2,1-3H3/t8-,9-,10-,12+/m1/s1. The molecule has 3 rings (SSSR count). The van der Waals surface area contributed by atoms with Crippen molar-refractivity contribution >= 4 is 10.0 Å². The Bertz CT molecular complexity index is 614. The van der Waals surface area contributed by atoms with Crippen molar-refractivity contribution in [2.24, 2.45) is 18.9 Å². The van der Waals surface area contributed by atoms with Crippen LogP contribution < -0.4 is 4.72 Å². The number of aryl methyl sites for hydroxylation is 1. The van der Waals surface area contributed by atoms with Crippen molar-refractivity contribution in [1.29, 1.82) is 0 Å². The predicted molar refractivity (Wildman–Crippen MR) is 71.4 cm³/mol. The molecule has 0 aliphatic heterocycles. The average Bonchev–Trinajstić information content (AvgIpc) is 3.04. The fourth-order valence-electron chi connectivity index (χ4n) is 3.64. The normalized spacial score (nSPS) is 36.6. The number of sulfonamides is 1. The molecular weight excluding hydrogens is 280 g/mol. The Morgan fingerprint density at radius 2 is 2.25 bits per heavy atom. The summed E-state index contributed by atoms with van der Waals surface area (Å²) in [5, 5.41) is 7.33. The van der Waals surface area contributed by atoms with E-state index in [9.17, 15) is 8.42 Å². The second-order valence-corrected chi connectivity index (χ2v) is 7.77. The van der Waals surface area contributed by atoms with E-state index < -0.39 is 10.0 Å². The van der Waals surface area contributed by atoms with Crippen molar-refractivity contribution < 1.29 is 13.2 Å². The Morgan fingerprint density at radius 1 is 1.50 bits per heavy atom. The maximum Gasteiger partial charge on any atom is 0.261 e. The molecule has 0 amide bonds. The molecule has 1 aromatic rings. The minimum Gasteiger partial charge on any atom is -0.378 e. The number of fused-ring (bicyclic) bond motifs is 2. The van der Waals surface area contributed by atoms with Gasteiger partial charge in [0.2, 0.25) is 5.03 Å². The number of hydrogen-bond donors (Lipinski definition) is 1. The fourth-order valence-corrected chi connectivity index (χ4v) is 4.88. The van der Waals surface area contributed by atoms with Gasteiger partial charge in [-0.15, -0.1) is 5.10 Å². The van der Waals surface area contributed by atoms with Crippen LogP contribution in [0.3, 0.4) is 0 Å². The molecule has 2 saturated carbocycles. The van der Waals surface area contributed by atoms with E-state index >= 15 is 0 Å². The van der Waals surface area contributed by atoms with E-state index in [1.54, 1.807) is 14.2 Å². The maximum atomic E-state index is 12.3. The zero-order chi connectivity index (χ0) is 14.5. The van der Waals surface area contributed by atoms with Crippen LogP contribution in [0.1, 0.15) is 26.2 Å². The lowest BCUT2D eigenvalue weighted by atomic mass is 9.83. The first kappa shape index (κ1) is 14.0. The zero-order valence-electron chi connectivity index (χ0n) is 11.9. The molecule has 4 atom stereocenters. The molecule has 8 heteroatoms. The third-order valence-corrected chi connectivity index (χ3v) is 6.21. The fraction of sp³-hybridized carbons (Fsp3) is 0.833. The number of rotatable bonds is 4. The van der Waals surface area contributed by atoms with Crippen LogP contribution in [0, 0.1) is 11.8 Å². The number of aromatic nitrogens is 3. The molecule has 0 aromatic carbocycles. The van der Waals surface area contributed by atoms with Crippen LogP contribution in [0.4, 0.5) is 0 Å². The SMILES string of the molecule is CO[C@@]1(C)C[C@H]2C[C@@H]1C[C@H]2NS(=O)(=O)c1cn(C)nn1. The molecule has 0 radical (unpaired) electrons. The summed E-state index contributed by atoms with van der Waals surface area (Å²) in [7, 11) is -0.193. The molecule has 0 spiro atoms. The first-order valence-electron chi connectivity index (χ1n) is 6.78. The summed E-state index contributed by atoms with van der Waals surface area (Å²) in [6.07, 6.45) is 4.17. The second kappa shape index (κ2) is 4.51. The summed E-state index contributed by atoms with van der Waals surface area (Å²) in [6, 6.07) is -0.0183. The molecule has 7 nitrogen and oxygen atoms in total. The van der Waals surface area contributed by atoms with Gasteiger partial charge in [0, 0.05) is 20.2 Å². The van der Waals surface area contributed by atoms with Gasteiger partial charge in [-0.25, -0.2) is 13.1 Å². The van der Waals surface area contributed by atoms with Crippen LogP contribution in [-0.2, 0) is 21.8 Å². The van der Waals surface area contributed by atoms with Gasteiger partial charge in [0.05, 0.1) is 11.8 Å². The lowest BCUT2D eigenvalue weighted by molar-refractivity contribution is -0.0416. The smallest absolute Gasteiger partial charge is 0.261 e.